The van der Waals surface area contributed by atoms with Crippen LogP contribution in [-0.4, -0.2) is 46.7 Å². The molecule has 5 heteroatoms. The Kier molecular flexibility index (Phi) is 4.60. The van der Waals surface area contributed by atoms with Gasteiger partial charge in [0.2, 0.25) is 0 Å². The van der Waals surface area contributed by atoms with Crippen LogP contribution >= 0.6 is 0 Å². The number of aryl methyl sites for hydroxylation is 1. The Hall–Kier alpha value is -2.66. The summed E-state index contributed by atoms with van der Waals surface area (Å²) < 4.78 is 1.99. The molecule has 3 aromatic rings. The minimum atomic E-state index is 0.121. The number of hydrogen-bond acceptors (Lipinski definition) is 4. The number of rotatable bonds is 3. The molecule has 4 aliphatic rings. The van der Waals surface area contributed by atoms with Crippen molar-refractivity contribution in [1.82, 2.24) is 14.5 Å². The molecule has 0 radical (unpaired) electrons. The maximum Gasteiger partial charge on any atom is 0.261 e. The summed E-state index contributed by atoms with van der Waals surface area (Å²) in [6.45, 7) is 6.65. The van der Waals surface area contributed by atoms with Gasteiger partial charge in [-0.2, -0.15) is 0 Å². The number of anilines is 1. The average molecular weight is 415 g/mol. The van der Waals surface area contributed by atoms with Crippen LogP contribution in [-0.2, 0) is 0 Å². The van der Waals surface area contributed by atoms with E-state index in [2.05, 4.69) is 59.2 Å². The fourth-order valence-corrected chi connectivity index (χ4v) is 5.56. The highest BCUT2D eigenvalue weighted by molar-refractivity contribution is 5.83. The Morgan fingerprint density at radius 1 is 0.903 bits per heavy atom. The number of fused-ring (bicyclic) bond motifs is 5. The summed E-state index contributed by atoms with van der Waals surface area (Å²) in [4.78, 5) is 23.9. The Bertz CT molecular complexity index is 1190. The first-order valence-electron chi connectivity index (χ1n) is 11.8. The molecule has 3 saturated heterocycles. The van der Waals surface area contributed by atoms with Gasteiger partial charge >= 0.3 is 0 Å². The number of piperidine rings is 1. The largest absolute Gasteiger partial charge is 0.367 e. The second-order valence-corrected chi connectivity index (χ2v) is 9.53. The second kappa shape index (κ2) is 7.49. The van der Waals surface area contributed by atoms with Gasteiger partial charge in [0.15, 0.2) is 0 Å². The molecule has 3 aliphatic heterocycles. The van der Waals surface area contributed by atoms with Crippen molar-refractivity contribution < 1.29 is 0 Å². The fraction of sp³-hybridized carbons (Fsp3) is 0.462. The van der Waals surface area contributed by atoms with Gasteiger partial charge in [-0.15, -0.1) is 0 Å². The van der Waals surface area contributed by atoms with E-state index in [1.807, 2.05) is 4.57 Å². The number of nitrogens with zero attached hydrogens (tertiary/aromatic N) is 4. The quantitative estimate of drug-likeness (QED) is 0.638. The first-order valence-corrected chi connectivity index (χ1v) is 11.8. The normalized spacial score (nSPS) is 23.7. The molecular formula is C26H30N4O. The molecule has 160 valence electrons. The van der Waals surface area contributed by atoms with Crippen LogP contribution in [0.4, 0.5) is 5.69 Å². The van der Waals surface area contributed by atoms with E-state index >= 15 is 0 Å². The first kappa shape index (κ1) is 19.1. The van der Waals surface area contributed by atoms with Crippen LogP contribution in [0.25, 0.3) is 22.3 Å². The lowest BCUT2D eigenvalue weighted by Gasteiger charge is -2.33. The molecule has 2 aromatic carbocycles. The fourth-order valence-electron chi connectivity index (χ4n) is 5.56. The van der Waals surface area contributed by atoms with E-state index in [0.717, 1.165) is 48.2 Å². The molecular weight excluding hydrogens is 384 g/mol. The minimum absolute atomic E-state index is 0.121. The predicted octanol–water partition coefficient (Wildman–Crippen LogP) is 4.38. The van der Waals surface area contributed by atoms with Crippen molar-refractivity contribution in [2.45, 2.75) is 51.1 Å². The highest BCUT2D eigenvalue weighted by Gasteiger charge is 2.30. The number of aromatic nitrogens is 2. The van der Waals surface area contributed by atoms with Crippen molar-refractivity contribution in [3.8, 4) is 11.4 Å². The van der Waals surface area contributed by atoms with Crippen molar-refractivity contribution >= 4 is 16.6 Å². The standard InChI is InChI=1S/C26H30N4O/c1-18-4-2-5-19(16-18)25-27-24-9-8-22(29-15-14-28-12-10-20(29)11-13-28)17-23(24)26(31)30(25)21-6-3-7-21/h2,4-5,8-9,16-17,20-21H,3,6-7,10-15H2,1H3. The number of benzene rings is 2. The first-order chi connectivity index (χ1) is 15.2. The summed E-state index contributed by atoms with van der Waals surface area (Å²) in [7, 11) is 0. The van der Waals surface area contributed by atoms with Crippen LogP contribution in [0.5, 0.6) is 0 Å². The summed E-state index contributed by atoms with van der Waals surface area (Å²) in [5, 5.41) is 0.764. The van der Waals surface area contributed by atoms with Crippen LogP contribution in [0.2, 0.25) is 0 Å². The summed E-state index contributed by atoms with van der Waals surface area (Å²) in [5.41, 5.74) is 4.34. The summed E-state index contributed by atoms with van der Waals surface area (Å²) in [5.74, 6) is 0.819. The van der Waals surface area contributed by atoms with E-state index < -0.39 is 0 Å². The Balaban J connectivity index is 1.50. The van der Waals surface area contributed by atoms with Crippen molar-refractivity contribution in [2.24, 2.45) is 0 Å². The zero-order valence-corrected chi connectivity index (χ0v) is 18.3. The molecule has 2 bridgehead atoms. The van der Waals surface area contributed by atoms with E-state index in [0.29, 0.717) is 6.04 Å². The molecule has 0 amide bonds. The predicted molar refractivity (Wildman–Crippen MR) is 126 cm³/mol. The molecule has 0 unspecified atom stereocenters. The van der Waals surface area contributed by atoms with Crippen LogP contribution in [0.3, 0.4) is 0 Å². The zero-order chi connectivity index (χ0) is 20.9. The smallest absolute Gasteiger partial charge is 0.261 e. The van der Waals surface area contributed by atoms with Gasteiger partial charge in [-0.1, -0.05) is 23.8 Å². The Labute approximate surface area is 183 Å². The summed E-state index contributed by atoms with van der Waals surface area (Å²) in [6.07, 6.45) is 5.75. The molecule has 0 spiro atoms. The van der Waals surface area contributed by atoms with Gasteiger partial charge < -0.3 is 9.80 Å². The van der Waals surface area contributed by atoms with E-state index in [1.165, 1.54) is 43.6 Å². The van der Waals surface area contributed by atoms with Gasteiger partial charge in [0.1, 0.15) is 5.82 Å². The van der Waals surface area contributed by atoms with Gasteiger partial charge in [0, 0.05) is 49.5 Å². The highest BCUT2D eigenvalue weighted by Crippen LogP contribution is 2.35. The van der Waals surface area contributed by atoms with Gasteiger partial charge in [-0.3, -0.25) is 9.36 Å². The maximum atomic E-state index is 13.8. The number of hydrogen-bond donors (Lipinski definition) is 0. The molecule has 0 N–H and O–H groups in total. The monoisotopic (exact) mass is 414 g/mol. The lowest BCUT2D eigenvalue weighted by atomic mass is 9.92. The lowest BCUT2D eigenvalue weighted by molar-refractivity contribution is 0.250. The van der Waals surface area contributed by atoms with Crippen molar-refractivity contribution in [1.29, 1.82) is 0 Å². The van der Waals surface area contributed by atoms with E-state index in [9.17, 15) is 4.79 Å². The van der Waals surface area contributed by atoms with Crippen LogP contribution in [0, 0.1) is 6.92 Å². The third kappa shape index (κ3) is 3.26. The van der Waals surface area contributed by atoms with Crippen LogP contribution in [0.1, 0.15) is 43.7 Å². The van der Waals surface area contributed by atoms with E-state index in [4.69, 9.17) is 4.98 Å². The molecule has 4 fully saturated rings. The Morgan fingerprint density at radius 2 is 1.74 bits per heavy atom. The van der Waals surface area contributed by atoms with E-state index in [1.54, 1.807) is 0 Å². The van der Waals surface area contributed by atoms with Gasteiger partial charge in [-0.25, -0.2) is 4.98 Å². The average Bonchev–Trinajstić information content (AvgIpc) is 3.08. The lowest BCUT2D eigenvalue weighted by Crippen LogP contribution is -2.38. The van der Waals surface area contributed by atoms with Crippen molar-refractivity contribution in [2.75, 3.05) is 31.1 Å². The topological polar surface area (TPSA) is 41.4 Å². The second-order valence-electron chi connectivity index (χ2n) is 9.53. The van der Waals surface area contributed by atoms with Crippen LogP contribution in [0.15, 0.2) is 47.3 Å². The van der Waals surface area contributed by atoms with Crippen molar-refractivity contribution in [3.05, 3.63) is 58.4 Å². The Morgan fingerprint density at radius 3 is 2.48 bits per heavy atom. The summed E-state index contributed by atoms with van der Waals surface area (Å²) >= 11 is 0. The molecule has 0 atom stereocenters. The van der Waals surface area contributed by atoms with E-state index in [-0.39, 0.29) is 11.6 Å². The molecule has 1 aliphatic carbocycles. The molecule has 4 heterocycles. The molecule has 5 nitrogen and oxygen atoms in total. The maximum absolute atomic E-state index is 13.8. The molecule has 1 saturated carbocycles. The molecule has 31 heavy (non-hydrogen) atoms. The van der Waals surface area contributed by atoms with Crippen molar-refractivity contribution in [3.63, 3.8) is 0 Å². The van der Waals surface area contributed by atoms with Crippen LogP contribution < -0.4 is 10.5 Å². The highest BCUT2D eigenvalue weighted by atomic mass is 16.1. The summed E-state index contributed by atoms with van der Waals surface area (Å²) in [6, 6.07) is 15.6. The minimum Gasteiger partial charge on any atom is -0.367 e. The SMILES string of the molecule is Cc1cccc(-c2nc3ccc(N4CCN5CCC4CC5)cc3c(=O)n2C2CCC2)c1. The van der Waals surface area contributed by atoms with Gasteiger partial charge in [0.05, 0.1) is 10.9 Å². The third-order valence-electron chi connectivity index (χ3n) is 7.59. The molecule has 1 aromatic heterocycles. The van der Waals surface area contributed by atoms with Gasteiger partial charge in [-0.05, 0) is 63.3 Å². The molecule has 7 rings (SSSR count). The van der Waals surface area contributed by atoms with Gasteiger partial charge in [0.25, 0.3) is 5.56 Å². The zero-order valence-electron chi connectivity index (χ0n) is 18.3. The third-order valence-corrected chi connectivity index (χ3v) is 7.59.